The van der Waals surface area contributed by atoms with E-state index in [4.69, 9.17) is 15.5 Å². The van der Waals surface area contributed by atoms with Crippen molar-refractivity contribution in [1.29, 1.82) is 0 Å². The molecule has 112 valence electrons. The van der Waals surface area contributed by atoms with Gasteiger partial charge in [0, 0.05) is 24.4 Å². The second kappa shape index (κ2) is 7.70. The van der Waals surface area contributed by atoms with Gasteiger partial charge in [0.05, 0.1) is 0 Å². The molecule has 1 aliphatic carbocycles. The van der Waals surface area contributed by atoms with E-state index in [0.717, 1.165) is 23.6 Å². The zero-order valence-electron chi connectivity index (χ0n) is 12.8. The summed E-state index contributed by atoms with van der Waals surface area (Å²) in [5.41, 5.74) is 7.70. The number of hydrogen-bond acceptors (Lipinski definition) is 4. The van der Waals surface area contributed by atoms with Crippen LogP contribution in [0.4, 0.5) is 0 Å². The molecule has 4 heteroatoms. The van der Waals surface area contributed by atoms with E-state index in [-0.39, 0.29) is 6.10 Å². The van der Waals surface area contributed by atoms with Crippen LogP contribution in [0, 0.1) is 12.8 Å². The molecular weight excluding hydrogens is 250 g/mol. The lowest BCUT2D eigenvalue weighted by Gasteiger charge is -2.29. The molecule has 0 bridgehead atoms. The van der Waals surface area contributed by atoms with Crippen molar-refractivity contribution in [3.8, 4) is 0 Å². The Morgan fingerprint density at radius 2 is 2.05 bits per heavy atom. The van der Waals surface area contributed by atoms with E-state index in [0.29, 0.717) is 19.1 Å². The molecule has 0 saturated heterocycles. The summed E-state index contributed by atoms with van der Waals surface area (Å²) in [6.07, 6.45) is 7.27. The van der Waals surface area contributed by atoms with Crippen LogP contribution < -0.4 is 5.73 Å². The molecule has 1 atom stereocenters. The summed E-state index contributed by atoms with van der Waals surface area (Å²) < 4.78 is 6.00. The molecule has 1 aromatic heterocycles. The molecule has 1 saturated carbocycles. The van der Waals surface area contributed by atoms with Crippen LogP contribution in [-0.2, 0) is 11.2 Å². The van der Waals surface area contributed by atoms with Crippen LogP contribution in [-0.4, -0.2) is 23.1 Å². The minimum Gasteiger partial charge on any atom is -0.370 e. The van der Waals surface area contributed by atoms with Gasteiger partial charge >= 0.3 is 0 Å². The maximum Gasteiger partial charge on any atom is 0.157 e. The summed E-state index contributed by atoms with van der Waals surface area (Å²) >= 11 is 0. The molecule has 0 spiro atoms. The first-order chi connectivity index (χ1) is 9.74. The Balaban J connectivity index is 2.22. The van der Waals surface area contributed by atoms with Gasteiger partial charge < -0.3 is 10.5 Å². The summed E-state index contributed by atoms with van der Waals surface area (Å²) in [6, 6.07) is 2.03. The minimum absolute atomic E-state index is 0.0525. The number of rotatable bonds is 6. The Hall–Kier alpha value is -1.00. The molecule has 0 radical (unpaired) electrons. The van der Waals surface area contributed by atoms with Crippen molar-refractivity contribution in [3.63, 3.8) is 0 Å². The van der Waals surface area contributed by atoms with Crippen molar-refractivity contribution >= 4 is 0 Å². The Kier molecular flexibility index (Phi) is 5.92. The van der Waals surface area contributed by atoms with E-state index in [1.165, 1.54) is 32.1 Å². The first kappa shape index (κ1) is 15.4. The molecule has 0 aliphatic heterocycles. The van der Waals surface area contributed by atoms with Crippen LogP contribution in [0.15, 0.2) is 6.07 Å². The quantitative estimate of drug-likeness (QED) is 0.868. The Morgan fingerprint density at radius 1 is 1.30 bits per heavy atom. The van der Waals surface area contributed by atoms with E-state index in [1.54, 1.807) is 0 Å². The lowest BCUT2D eigenvalue weighted by Crippen LogP contribution is -2.22. The van der Waals surface area contributed by atoms with Gasteiger partial charge in [-0.1, -0.05) is 19.3 Å². The number of ether oxygens (including phenoxy) is 1. The van der Waals surface area contributed by atoms with E-state index in [2.05, 4.69) is 4.98 Å². The average molecular weight is 277 g/mol. The fourth-order valence-electron chi connectivity index (χ4n) is 3.10. The number of aryl methyl sites for hydroxylation is 1. The van der Waals surface area contributed by atoms with E-state index in [1.807, 2.05) is 19.9 Å². The second-order valence-electron chi connectivity index (χ2n) is 5.67. The van der Waals surface area contributed by atoms with Gasteiger partial charge in [-0.15, -0.1) is 0 Å². The minimum atomic E-state index is 0.0525. The van der Waals surface area contributed by atoms with E-state index >= 15 is 0 Å². The van der Waals surface area contributed by atoms with Gasteiger partial charge in [0.15, 0.2) is 5.82 Å². The highest BCUT2D eigenvalue weighted by Gasteiger charge is 2.28. The van der Waals surface area contributed by atoms with Gasteiger partial charge in [-0.3, -0.25) is 0 Å². The fraction of sp³-hybridized carbons (Fsp3) is 0.750. The topological polar surface area (TPSA) is 61.0 Å². The SMILES string of the molecule is CCOC(c1nc(C)cc(CCN)n1)C1CCCCC1. The summed E-state index contributed by atoms with van der Waals surface area (Å²) in [6.45, 7) is 5.41. The molecule has 2 rings (SSSR count). The van der Waals surface area contributed by atoms with Gasteiger partial charge in [0.2, 0.25) is 0 Å². The van der Waals surface area contributed by atoms with Crippen molar-refractivity contribution in [2.24, 2.45) is 11.7 Å². The van der Waals surface area contributed by atoms with Crippen molar-refractivity contribution in [3.05, 3.63) is 23.3 Å². The highest BCUT2D eigenvalue weighted by Crippen LogP contribution is 2.35. The molecule has 1 aliphatic rings. The highest BCUT2D eigenvalue weighted by molar-refractivity contribution is 5.12. The van der Waals surface area contributed by atoms with Gasteiger partial charge in [0.25, 0.3) is 0 Å². The molecule has 20 heavy (non-hydrogen) atoms. The monoisotopic (exact) mass is 277 g/mol. The van der Waals surface area contributed by atoms with Crippen LogP contribution in [0.5, 0.6) is 0 Å². The van der Waals surface area contributed by atoms with Crippen molar-refractivity contribution < 1.29 is 4.74 Å². The van der Waals surface area contributed by atoms with Crippen LogP contribution in [0.25, 0.3) is 0 Å². The fourth-order valence-corrected chi connectivity index (χ4v) is 3.10. The Labute approximate surface area is 122 Å². The summed E-state index contributed by atoms with van der Waals surface area (Å²) in [5.74, 6) is 1.43. The predicted molar refractivity (Wildman–Crippen MR) is 80.5 cm³/mol. The predicted octanol–water partition coefficient (Wildman–Crippen LogP) is 2.94. The van der Waals surface area contributed by atoms with Crippen LogP contribution in [0.3, 0.4) is 0 Å². The number of hydrogen-bond donors (Lipinski definition) is 1. The molecule has 0 aromatic carbocycles. The lowest BCUT2D eigenvalue weighted by atomic mass is 9.85. The summed E-state index contributed by atoms with van der Waals surface area (Å²) in [4.78, 5) is 9.33. The third-order valence-corrected chi connectivity index (χ3v) is 4.00. The highest BCUT2D eigenvalue weighted by atomic mass is 16.5. The normalized spacial score (nSPS) is 18.1. The van der Waals surface area contributed by atoms with Gasteiger partial charge in [-0.25, -0.2) is 9.97 Å². The molecule has 2 N–H and O–H groups in total. The number of aromatic nitrogens is 2. The smallest absolute Gasteiger partial charge is 0.157 e. The lowest BCUT2D eigenvalue weighted by molar-refractivity contribution is -0.000418. The van der Waals surface area contributed by atoms with Crippen molar-refractivity contribution in [2.45, 2.75) is 58.5 Å². The number of nitrogens with zero attached hydrogens (tertiary/aromatic N) is 2. The molecule has 1 fully saturated rings. The second-order valence-corrected chi connectivity index (χ2v) is 5.67. The van der Waals surface area contributed by atoms with E-state index < -0.39 is 0 Å². The molecule has 0 amide bonds. The maximum atomic E-state index is 6.00. The Bertz CT molecular complexity index is 416. The van der Waals surface area contributed by atoms with Crippen LogP contribution >= 0.6 is 0 Å². The zero-order chi connectivity index (χ0) is 14.4. The largest absolute Gasteiger partial charge is 0.370 e. The molecule has 1 unspecified atom stereocenters. The standard InChI is InChI=1S/C16H27N3O/c1-3-20-15(13-7-5-4-6-8-13)16-18-12(2)11-14(19-16)9-10-17/h11,13,15H,3-10,17H2,1-2H3. The summed E-state index contributed by atoms with van der Waals surface area (Å²) in [7, 11) is 0. The first-order valence-electron chi connectivity index (χ1n) is 7.90. The molecule has 1 aromatic rings. The maximum absolute atomic E-state index is 6.00. The number of nitrogens with two attached hydrogens (primary N) is 1. The van der Waals surface area contributed by atoms with Crippen molar-refractivity contribution in [2.75, 3.05) is 13.2 Å². The molecule has 1 heterocycles. The first-order valence-corrected chi connectivity index (χ1v) is 7.90. The van der Waals surface area contributed by atoms with Gasteiger partial charge in [0.1, 0.15) is 6.10 Å². The van der Waals surface area contributed by atoms with Crippen LogP contribution in [0.1, 0.15) is 62.3 Å². The zero-order valence-corrected chi connectivity index (χ0v) is 12.8. The van der Waals surface area contributed by atoms with Gasteiger partial charge in [-0.05, 0) is 45.2 Å². The van der Waals surface area contributed by atoms with Gasteiger partial charge in [-0.2, -0.15) is 0 Å². The molecule has 4 nitrogen and oxygen atoms in total. The molecular formula is C16H27N3O. The Morgan fingerprint density at radius 3 is 2.70 bits per heavy atom. The third kappa shape index (κ3) is 4.00. The van der Waals surface area contributed by atoms with Crippen LogP contribution in [0.2, 0.25) is 0 Å². The van der Waals surface area contributed by atoms with E-state index in [9.17, 15) is 0 Å². The average Bonchev–Trinajstić information content (AvgIpc) is 2.45. The van der Waals surface area contributed by atoms with Crippen molar-refractivity contribution in [1.82, 2.24) is 9.97 Å². The third-order valence-electron chi connectivity index (χ3n) is 4.00. The summed E-state index contributed by atoms with van der Waals surface area (Å²) in [5, 5.41) is 0.